The lowest BCUT2D eigenvalue weighted by Gasteiger charge is -2.06. The van der Waals surface area contributed by atoms with E-state index in [0.29, 0.717) is 28.9 Å². The number of H-pyrrole nitrogens is 1. The van der Waals surface area contributed by atoms with Crippen molar-refractivity contribution < 1.29 is 6.53 Å². The molecule has 1 atom stereocenters. The van der Waals surface area contributed by atoms with Gasteiger partial charge in [-0.1, -0.05) is 5.92 Å². The molecule has 0 unspecified atom stereocenters. The maximum atomic E-state index is 9.69. The minimum Gasteiger partial charge on any atom is -0.388 e. The number of hydrogen-bond acceptors (Lipinski definition) is 6. The Labute approximate surface area is 150 Å². The molecular formula is C18H19N5OS. The summed E-state index contributed by atoms with van der Waals surface area (Å²) in [4.78, 5) is 10.7. The summed E-state index contributed by atoms with van der Waals surface area (Å²) in [5.74, 6) is 5.00. The second-order valence-electron chi connectivity index (χ2n) is 6.09. The van der Waals surface area contributed by atoms with Crippen LogP contribution in [0.5, 0.6) is 0 Å². The minimum absolute atomic E-state index is 0. The van der Waals surface area contributed by atoms with Gasteiger partial charge in [-0.3, -0.25) is 5.10 Å². The number of aliphatic hydroxyl groups excluding tert-OH is 1. The van der Waals surface area contributed by atoms with Gasteiger partial charge in [0.05, 0.1) is 16.5 Å². The van der Waals surface area contributed by atoms with Gasteiger partial charge in [0.2, 0.25) is 0 Å². The number of thiophene rings is 1. The Bertz CT molecular complexity index is 955. The molecule has 1 aliphatic carbocycles. The Kier molecular flexibility index (Phi) is 3.99. The number of aliphatic hydroxyl groups is 1. The van der Waals surface area contributed by atoms with Crippen LogP contribution >= 0.6 is 11.3 Å². The Morgan fingerprint density at radius 2 is 2.32 bits per heavy atom. The highest BCUT2D eigenvalue weighted by molar-refractivity contribution is 7.15. The van der Waals surface area contributed by atoms with Crippen molar-refractivity contribution in [3.05, 3.63) is 40.5 Å². The summed E-state index contributed by atoms with van der Waals surface area (Å²) in [5.41, 5.74) is 1.71. The molecule has 6 nitrogen and oxygen atoms in total. The van der Waals surface area contributed by atoms with E-state index < -0.39 is 6.10 Å². The summed E-state index contributed by atoms with van der Waals surface area (Å²) in [6.07, 6.45) is 9.10. The largest absolute Gasteiger partial charge is 0.388 e. The topological polar surface area (TPSA) is 86.7 Å². The molecule has 128 valence electrons. The highest BCUT2D eigenvalue weighted by atomic mass is 32.1. The molecule has 25 heavy (non-hydrogen) atoms. The fraction of sp³-hybridized carbons (Fsp3) is 0.278. The monoisotopic (exact) mass is 353 g/mol. The van der Waals surface area contributed by atoms with Crippen LogP contribution in [0.25, 0.3) is 10.7 Å². The Morgan fingerprint density at radius 1 is 1.48 bits per heavy atom. The number of nitrogens with one attached hydrogen (secondary N) is 2. The van der Waals surface area contributed by atoms with E-state index in [1.807, 2.05) is 18.2 Å². The van der Waals surface area contributed by atoms with Crippen LogP contribution in [-0.4, -0.2) is 25.3 Å². The van der Waals surface area contributed by atoms with Gasteiger partial charge >= 0.3 is 0 Å². The first-order valence-electron chi connectivity index (χ1n) is 8.08. The molecule has 0 amide bonds. The van der Waals surface area contributed by atoms with Crippen LogP contribution in [0, 0.1) is 12.3 Å². The van der Waals surface area contributed by atoms with Gasteiger partial charge in [0.1, 0.15) is 0 Å². The van der Waals surface area contributed by atoms with Gasteiger partial charge in [-0.15, -0.1) is 17.8 Å². The van der Waals surface area contributed by atoms with E-state index in [-0.39, 0.29) is 1.43 Å². The summed E-state index contributed by atoms with van der Waals surface area (Å²) in [6.45, 7) is 1.74. The number of hydrogen-bond donors (Lipinski definition) is 3. The fourth-order valence-corrected chi connectivity index (χ4v) is 3.41. The third-order valence-electron chi connectivity index (χ3n) is 4.06. The molecule has 1 aliphatic rings. The van der Waals surface area contributed by atoms with Crippen LogP contribution < -0.4 is 5.32 Å². The molecule has 0 bridgehead atoms. The zero-order valence-corrected chi connectivity index (χ0v) is 14.5. The number of rotatable bonds is 5. The Hall–Kier alpha value is -2.69. The lowest BCUT2D eigenvalue weighted by molar-refractivity contribution is 0.203. The number of anilines is 2. The molecule has 1 saturated carbocycles. The molecule has 0 radical (unpaired) electrons. The van der Waals surface area contributed by atoms with Gasteiger partial charge < -0.3 is 10.4 Å². The van der Waals surface area contributed by atoms with Crippen LogP contribution in [-0.2, 0) is 0 Å². The maximum absolute atomic E-state index is 9.69. The van der Waals surface area contributed by atoms with Gasteiger partial charge in [0, 0.05) is 30.2 Å². The number of nitrogens with zero attached hydrogens (tertiary/aromatic N) is 3. The van der Waals surface area contributed by atoms with Gasteiger partial charge in [-0.25, -0.2) is 9.97 Å². The standard InChI is InChI=1S/C18H17N5OS.H2/c1-3-11-9-19-18(15-7-6-14(25-15)10(2)24)21-17(11)20-16-8-13(22-23-16)12-4-5-12;/h1,6-10,12,24H,4-5H2,2H3,(H2,19,20,21,22,23);1H/t10-;/m0./s1. The first-order chi connectivity index (χ1) is 12.1. The molecule has 0 spiro atoms. The number of aromatic nitrogens is 4. The molecule has 1 fully saturated rings. The van der Waals surface area contributed by atoms with Gasteiger partial charge in [0.15, 0.2) is 17.5 Å². The molecule has 0 aliphatic heterocycles. The number of terminal acetylenes is 1. The van der Waals surface area contributed by atoms with Crippen molar-refractivity contribution in [1.82, 2.24) is 20.2 Å². The van der Waals surface area contributed by atoms with Crippen molar-refractivity contribution in [3.63, 3.8) is 0 Å². The smallest absolute Gasteiger partial charge is 0.171 e. The van der Waals surface area contributed by atoms with Crippen molar-refractivity contribution in [2.75, 3.05) is 5.32 Å². The SMILES string of the molecule is C#Cc1cnc(-c2ccc([C@H](C)O)s2)nc1Nc1cc(C2CC2)[nH]n1.[HH]. The van der Waals surface area contributed by atoms with E-state index in [0.717, 1.165) is 15.4 Å². The highest BCUT2D eigenvalue weighted by Gasteiger charge is 2.25. The molecule has 4 rings (SSSR count). The lowest BCUT2D eigenvalue weighted by atomic mass is 10.3. The molecular weight excluding hydrogens is 334 g/mol. The van der Waals surface area contributed by atoms with Crippen molar-refractivity contribution in [1.29, 1.82) is 0 Å². The quantitative estimate of drug-likeness (QED) is 0.607. The van der Waals surface area contributed by atoms with Crippen LogP contribution in [0.15, 0.2) is 24.4 Å². The van der Waals surface area contributed by atoms with Crippen molar-refractivity contribution in [2.24, 2.45) is 0 Å². The maximum Gasteiger partial charge on any atom is 0.171 e. The van der Waals surface area contributed by atoms with Crippen molar-refractivity contribution >= 4 is 23.0 Å². The fourth-order valence-electron chi connectivity index (χ4n) is 2.52. The van der Waals surface area contributed by atoms with E-state index in [4.69, 9.17) is 6.42 Å². The zero-order chi connectivity index (χ0) is 17.4. The van der Waals surface area contributed by atoms with E-state index in [1.165, 1.54) is 24.2 Å². The van der Waals surface area contributed by atoms with Crippen molar-refractivity contribution in [3.8, 4) is 23.0 Å². The second kappa shape index (κ2) is 6.31. The summed E-state index contributed by atoms with van der Waals surface area (Å²) >= 11 is 1.46. The third kappa shape index (κ3) is 3.27. The first-order valence-corrected chi connectivity index (χ1v) is 8.90. The summed E-state index contributed by atoms with van der Waals surface area (Å²) in [7, 11) is 0. The average molecular weight is 353 g/mol. The van der Waals surface area contributed by atoms with E-state index in [2.05, 4.69) is 31.4 Å². The minimum atomic E-state index is -0.508. The molecule has 7 heteroatoms. The first kappa shape index (κ1) is 15.8. The highest BCUT2D eigenvalue weighted by Crippen LogP contribution is 2.39. The zero-order valence-electron chi connectivity index (χ0n) is 13.7. The third-order valence-corrected chi connectivity index (χ3v) is 5.32. The molecule has 3 aromatic rings. The molecule has 3 N–H and O–H groups in total. The Balaban J connectivity index is 0.00000196. The summed E-state index contributed by atoms with van der Waals surface area (Å²) in [6, 6.07) is 5.78. The van der Waals surface area contributed by atoms with Gasteiger partial charge in [-0.05, 0) is 31.9 Å². The van der Waals surface area contributed by atoms with E-state index in [1.54, 1.807) is 13.1 Å². The predicted molar refractivity (Wildman–Crippen MR) is 99.9 cm³/mol. The normalized spacial score (nSPS) is 14.9. The lowest BCUT2D eigenvalue weighted by Crippen LogP contribution is -2.00. The molecule has 3 aromatic heterocycles. The summed E-state index contributed by atoms with van der Waals surface area (Å²) in [5, 5.41) is 20.2. The van der Waals surface area contributed by atoms with Crippen molar-refractivity contribution in [2.45, 2.75) is 31.8 Å². The average Bonchev–Trinajstić information content (AvgIpc) is 3.15. The Morgan fingerprint density at radius 3 is 3.00 bits per heavy atom. The predicted octanol–water partition coefficient (Wildman–Crippen LogP) is 3.83. The molecule has 0 aromatic carbocycles. The van der Waals surface area contributed by atoms with Crippen LogP contribution in [0.3, 0.4) is 0 Å². The van der Waals surface area contributed by atoms with E-state index in [9.17, 15) is 5.11 Å². The van der Waals surface area contributed by atoms with Gasteiger partial charge in [0.25, 0.3) is 0 Å². The molecule has 3 heterocycles. The number of aromatic amines is 1. The van der Waals surface area contributed by atoms with Crippen LogP contribution in [0.1, 0.15) is 49.3 Å². The van der Waals surface area contributed by atoms with E-state index >= 15 is 0 Å². The van der Waals surface area contributed by atoms with Crippen LogP contribution in [0.2, 0.25) is 0 Å². The van der Waals surface area contributed by atoms with Crippen LogP contribution in [0.4, 0.5) is 11.6 Å². The molecule has 0 saturated heterocycles. The van der Waals surface area contributed by atoms with Gasteiger partial charge in [-0.2, -0.15) is 5.10 Å². The second-order valence-corrected chi connectivity index (χ2v) is 7.20. The summed E-state index contributed by atoms with van der Waals surface area (Å²) < 4.78 is 0.